The molecule has 2 rings (SSSR count). The van der Waals surface area contributed by atoms with E-state index in [2.05, 4.69) is 15.6 Å². The maximum absolute atomic E-state index is 13.5. The van der Waals surface area contributed by atoms with Crippen molar-refractivity contribution in [2.24, 2.45) is 4.99 Å². The molecule has 0 aliphatic heterocycles. The number of nitro groups is 1. The second-order valence-corrected chi connectivity index (χ2v) is 6.60. The van der Waals surface area contributed by atoms with Gasteiger partial charge in [-0.3, -0.25) is 15.1 Å². The molecule has 0 spiro atoms. The fraction of sp³-hybridized carbons (Fsp3) is 0.316. The Kier molecular flexibility index (Phi) is 8.61. The van der Waals surface area contributed by atoms with Gasteiger partial charge in [0.05, 0.1) is 4.92 Å². The predicted octanol–water partition coefficient (Wildman–Crippen LogP) is 3.99. The Hall–Kier alpha value is -2.23. The van der Waals surface area contributed by atoms with E-state index in [9.17, 15) is 14.5 Å². The van der Waals surface area contributed by atoms with Crippen molar-refractivity contribution in [1.82, 2.24) is 10.6 Å². The number of nitrogens with one attached hydrogen (secondary N) is 2. The van der Waals surface area contributed by atoms with E-state index in [1.165, 1.54) is 24.3 Å². The van der Waals surface area contributed by atoms with E-state index in [0.29, 0.717) is 19.0 Å². The van der Waals surface area contributed by atoms with Gasteiger partial charge in [-0.25, -0.2) is 4.39 Å². The summed E-state index contributed by atoms with van der Waals surface area (Å²) in [5, 5.41) is 17.2. The third-order valence-corrected chi connectivity index (χ3v) is 4.11. The maximum atomic E-state index is 13.5. The van der Waals surface area contributed by atoms with Crippen LogP contribution in [0, 0.1) is 15.9 Å². The van der Waals surface area contributed by atoms with E-state index in [1.807, 2.05) is 26.0 Å². The van der Waals surface area contributed by atoms with E-state index >= 15 is 0 Å². The second kappa shape index (κ2) is 10.2. The molecular weight excluding hydrogens is 462 g/mol. The van der Waals surface area contributed by atoms with Crippen LogP contribution in [0.15, 0.2) is 53.5 Å². The lowest BCUT2D eigenvalue weighted by Gasteiger charge is -2.27. The van der Waals surface area contributed by atoms with Gasteiger partial charge in [-0.2, -0.15) is 0 Å². The molecule has 0 heterocycles. The molecule has 0 saturated heterocycles. The molecule has 0 unspecified atom stereocenters. The predicted molar refractivity (Wildman–Crippen MR) is 116 cm³/mol. The summed E-state index contributed by atoms with van der Waals surface area (Å²) in [6.07, 6.45) is 0. The van der Waals surface area contributed by atoms with Crippen LogP contribution in [-0.2, 0) is 12.0 Å². The molecule has 27 heavy (non-hydrogen) atoms. The lowest BCUT2D eigenvalue weighted by Crippen LogP contribution is -2.43. The van der Waals surface area contributed by atoms with Gasteiger partial charge in [0.15, 0.2) is 5.96 Å². The maximum Gasteiger partial charge on any atom is 0.269 e. The molecule has 6 nitrogen and oxygen atoms in total. The summed E-state index contributed by atoms with van der Waals surface area (Å²) < 4.78 is 13.5. The van der Waals surface area contributed by atoms with Crippen molar-refractivity contribution in [2.45, 2.75) is 25.8 Å². The van der Waals surface area contributed by atoms with Gasteiger partial charge < -0.3 is 10.6 Å². The lowest BCUT2D eigenvalue weighted by atomic mass is 9.84. The van der Waals surface area contributed by atoms with Crippen LogP contribution in [0.3, 0.4) is 0 Å². The SMILES string of the molecule is CN=C(NCc1cccc([N+](=O)[O-])c1)NCC(C)(C)c1cccc(F)c1.I. The summed E-state index contributed by atoms with van der Waals surface area (Å²) in [5.74, 6) is 0.310. The highest BCUT2D eigenvalue weighted by Gasteiger charge is 2.21. The molecule has 8 heteroatoms. The number of hydrogen-bond acceptors (Lipinski definition) is 3. The molecule has 0 saturated carbocycles. The van der Waals surface area contributed by atoms with Crippen LogP contribution in [0.2, 0.25) is 0 Å². The number of hydrogen-bond donors (Lipinski definition) is 2. The lowest BCUT2D eigenvalue weighted by molar-refractivity contribution is -0.384. The van der Waals surface area contributed by atoms with Gasteiger partial charge in [0.1, 0.15) is 5.82 Å². The first-order chi connectivity index (χ1) is 12.3. The Morgan fingerprint density at radius 1 is 1.19 bits per heavy atom. The van der Waals surface area contributed by atoms with Gasteiger partial charge in [0.25, 0.3) is 5.69 Å². The molecule has 0 atom stereocenters. The van der Waals surface area contributed by atoms with Crippen molar-refractivity contribution in [1.29, 1.82) is 0 Å². The highest BCUT2D eigenvalue weighted by Crippen LogP contribution is 2.22. The molecule has 2 aromatic rings. The highest BCUT2D eigenvalue weighted by molar-refractivity contribution is 14.0. The van der Waals surface area contributed by atoms with Gasteiger partial charge in [0, 0.05) is 37.7 Å². The van der Waals surface area contributed by atoms with Gasteiger partial charge in [-0.1, -0.05) is 38.1 Å². The number of benzene rings is 2. The smallest absolute Gasteiger partial charge is 0.269 e. The van der Waals surface area contributed by atoms with Gasteiger partial charge in [0.2, 0.25) is 0 Å². The van der Waals surface area contributed by atoms with Crippen LogP contribution >= 0.6 is 24.0 Å². The van der Waals surface area contributed by atoms with E-state index in [0.717, 1.165) is 11.1 Å². The van der Waals surface area contributed by atoms with E-state index in [1.54, 1.807) is 19.2 Å². The summed E-state index contributed by atoms with van der Waals surface area (Å²) in [7, 11) is 1.65. The van der Waals surface area contributed by atoms with Crippen molar-refractivity contribution < 1.29 is 9.31 Å². The first kappa shape index (κ1) is 22.8. The van der Waals surface area contributed by atoms with Gasteiger partial charge >= 0.3 is 0 Å². The van der Waals surface area contributed by atoms with Crippen LogP contribution in [0.1, 0.15) is 25.0 Å². The minimum Gasteiger partial charge on any atom is -0.356 e. The normalized spacial score (nSPS) is 11.5. The first-order valence-corrected chi connectivity index (χ1v) is 8.26. The zero-order valence-electron chi connectivity index (χ0n) is 15.5. The molecule has 0 aromatic heterocycles. The van der Waals surface area contributed by atoms with Crippen molar-refractivity contribution in [3.05, 3.63) is 75.6 Å². The van der Waals surface area contributed by atoms with Gasteiger partial charge in [-0.05, 0) is 23.3 Å². The molecular formula is C19H24FIN4O2. The highest BCUT2D eigenvalue weighted by atomic mass is 127. The molecule has 2 aromatic carbocycles. The fourth-order valence-corrected chi connectivity index (χ4v) is 2.50. The summed E-state index contributed by atoms with van der Waals surface area (Å²) in [5.41, 5.74) is 1.43. The van der Waals surface area contributed by atoms with Crippen LogP contribution in [0.5, 0.6) is 0 Å². The Morgan fingerprint density at radius 3 is 2.52 bits per heavy atom. The minimum absolute atomic E-state index is 0. The summed E-state index contributed by atoms with van der Waals surface area (Å²) in [6, 6.07) is 13.0. The number of nitro benzene ring substituents is 1. The van der Waals surface area contributed by atoms with Crippen LogP contribution in [-0.4, -0.2) is 24.5 Å². The van der Waals surface area contributed by atoms with Gasteiger partial charge in [-0.15, -0.1) is 24.0 Å². The van der Waals surface area contributed by atoms with Crippen LogP contribution in [0.4, 0.5) is 10.1 Å². The monoisotopic (exact) mass is 486 g/mol. The Bertz CT molecular complexity index is 812. The Balaban J connectivity index is 0.00000364. The zero-order chi connectivity index (χ0) is 19.2. The summed E-state index contributed by atoms with van der Waals surface area (Å²) in [6.45, 7) is 4.98. The van der Waals surface area contributed by atoms with E-state index in [-0.39, 0.29) is 40.9 Å². The topological polar surface area (TPSA) is 79.6 Å². The summed E-state index contributed by atoms with van der Waals surface area (Å²) in [4.78, 5) is 14.6. The third-order valence-electron chi connectivity index (χ3n) is 4.11. The molecule has 0 aliphatic carbocycles. The molecule has 0 amide bonds. The Labute approximate surface area is 175 Å². The minimum atomic E-state index is -0.419. The van der Waals surface area contributed by atoms with Crippen molar-refractivity contribution in [2.75, 3.05) is 13.6 Å². The molecule has 146 valence electrons. The standard InChI is InChI=1S/C19H23FN4O2.HI/c1-19(2,15-7-5-8-16(20)11-15)13-23-18(21-3)22-12-14-6-4-9-17(10-14)24(25)26;/h4-11H,12-13H2,1-3H3,(H2,21,22,23);1H. The molecule has 0 radical (unpaired) electrons. The number of guanidine groups is 1. The average Bonchev–Trinajstić information content (AvgIpc) is 2.62. The number of non-ortho nitro benzene ring substituents is 1. The fourth-order valence-electron chi connectivity index (χ4n) is 2.50. The molecule has 0 fully saturated rings. The molecule has 0 aliphatic rings. The van der Waals surface area contributed by atoms with Crippen molar-refractivity contribution >= 4 is 35.6 Å². The average molecular weight is 486 g/mol. The largest absolute Gasteiger partial charge is 0.356 e. The quantitative estimate of drug-likeness (QED) is 0.213. The molecule has 0 bridgehead atoms. The van der Waals surface area contributed by atoms with Crippen LogP contribution < -0.4 is 10.6 Å². The number of halogens is 2. The third kappa shape index (κ3) is 6.78. The number of nitrogens with zero attached hydrogens (tertiary/aromatic N) is 2. The van der Waals surface area contributed by atoms with E-state index < -0.39 is 4.92 Å². The molecule has 2 N–H and O–H groups in total. The van der Waals surface area contributed by atoms with Crippen molar-refractivity contribution in [3.63, 3.8) is 0 Å². The number of aliphatic imine (C=N–C) groups is 1. The van der Waals surface area contributed by atoms with Crippen LogP contribution in [0.25, 0.3) is 0 Å². The zero-order valence-corrected chi connectivity index (χ0v) is 17.9. The first-order valence-electron chi connectivity index (χ1n) is 8.26. The second-order valence-electron chi connectivity index (χ2n) is 6.60. The van der Waals surface area contributed by atoms with E-state index in [4.69, 9.17) is 0 Å². The summed E-state index contributed by atoms with van der Waals surface area (Å²) >= 11 is 0. The number of rotatable bonds is 6. The van der Waals surface area contributed by atoms with Crippen molar-refractivity contribution in [3.8, 4) is 0 Å². The Morgan fingerprint density at radius 2 is 1.89 bits per heavy atom.